The lowest BCUT2D eigenvalue weighted by molar-refractivity contribution is -0.144. The Labute approximate surface area is 146 Å². The number of benzene rings is 1. The predicted octanol–water partition coefficient (Wildman–Crippen LogP) is 1.81. The van der Waals surface area contributed by atoms with E-state index in [4.69, 9.17) is 21.4 Å². The van der Waals surface area contributed by atoms with Crippen LogP contribution in [0.4, 0.5) is 17.6 Å². The van der Waals surface area contributed by atoms with Crippen molar-refractivity contribution in [2.75, 3.05) is 6.61 Å². The number of rotatable bonds is 4. The molecule has 0 spiro atoms. The minimum Gasteiger partial charge on any atom is -0.480 e. The van der Waals surface area contributed by atoms with Gasteiger partial charge in [-0.1, -0.05) is 11.6 Å². The fourth-order valence-electron chi connectivity index (χ4n) is 2.06. The summed E-state index contributed by atoms with van der Waals surface area (Å²) in [5.74, 6) is -2.95. The molecule has 7 nitrogen and oxygen atoms in total. The summed E-state index contributed by atoms with van der Waals surface area (Å²) in [6, 6.07) is 1.52. The maximum absolute atomic E-state index is 14.2. The van der Waals surface area contributed by atoms with E-state index < -0.39 is 47.2 Å². The third-order valence-corrected chi connectivity index (χ3v) is 3.50. The average molecular weight is 397 g/mol. The highest BCUT2D eigenvalue weighted by Gasteiger charge is 2.35. The summed E-state index contributed by atoms with van der Waals surface area (Å²) in [6.45, 7) is -0.856. The van der Waals surface area contributed by atoms with Gasteiger partial charge in [0.05, 0.1) is 10.7 Å². The highest BCUT2D eigenvalue weighted by atomic mass is 35.5. The Morgan fingerprint density at radius 1 is 1.27 bits per heavy atom. The van der Waals surface area contributed by atoms with Gasteiger partial charge in [0.2, 0.25) is 0 Å². The lowest BCUT2D eigenvalue weighted by Gasteiger charge is -2.15. The van der Waals surface area contributed by atoms with E-state index in [1.165, 1.54) is 0 Å². The van der Waals surface area contributed by atoms with Crippen molar-refractivity contribution in [1.29, 1.82) is 0 Å². The number of alkyl halides is 3. The fourth-order valence-corrected chi connectivity index (χ4v) is 2.26. The van der Waals surface area contributed by atoms with E-state index in [2.05, 4.69) is 0 Å². The monoisotopic (exact) mass is 396 g/mol. The van der Waals surface area contributed by atoms with Crippen LogP contribution in [0.5, 0.6) is 5.75 Å². The van der Waals surface area contributed by atoms with E-state index in [0.717, 1.165) is 13.1 Å². The van der Waals surface area contributed by atoms with Gasteiger partial charge in [0, 0.05) is 19.2 Å². The fraction of sp³-hybridized carbons (Fsp3) is 0.214. The Kier molecular flexibility index (Phi) is 5.12. The number of nitrogens with zero attached hydrogens (tertiary/aromatic N) is 2. The molecule has 0 bridgehead atoms. The SMILES string of the molecule is Cn1c(C(F)(F)F)cc(=O)n(-c2cc(OCC(=O)O)c(Cl)cc2F)c1=O. The van der Waals surface area contributed by atoms with Crippen LogP contribution in [0.15, 0.2) is 27.8 Å². The summed E-state index contributed by atoms with van der Waals surface area (Å²) >= 11 is 5.69. The van der Waals surface area contributed by atoms with Crippen LogP contribution in [-0.2, 0) is 18.0 Å². The van der Waals surface area contributed by atoms with Crippen molar-refractivity contribution in [2.24, 2.45) is 7.05 Å². The Morgan fingerprint density at radius 2 is 1.88 bits per heavy atom. The molecule has 0 radical (unpaired) electrons. The lowest BCUT2D eigenvalue weighted by Crippen LogP contribution is -2.41. The summed E-state index contributed by atoms with van der Waals surface area (Å²) in [4.78, 5) is 34.7. The van der Waals surface area contributed by atoms with Crippen LogP contribution in [0.2, 0.25) is 5.02 Å². The molecule has 0 saturated carbocycles. The molecule has 0 aliphatic heterocycles. The van der Waals surface area contributed by atoms with Gasteiger partial charge >= 0.3 is 17.8 Å². The third-order valence-electron chi connectivity index (χ3n) is 3.20. The van der Waals surface area contributed by atoms with Crippen LogP contribution >= 0.6 is 11.6 Å². The number of hydrogen-bond acceptors (Lipinski definition) is 4. The van der Waals surface area contributed by atoms with Gasteiger partial charge < -0.3 is 9.84 Å². The number of hydrogen-bond donors (Lipinski definition) is 1. The van der Waals surface area contributed by atoms with Crippen LogP contribution in [-0.4, -0.2) is 26.8 Å². The van der Waals surface area contributed by atoms with Gasteiger partial charge in [0.1, 0.15) is 17.3 Å². The van der Waals surface area contributed by atoms with E-state index in [9.17, 15) is 31.9 Å². The summed E-state index contributed by atoms with van der Waals surface area (Å²) in [5.41, 5.74) is -5.16. The molecule has 12 heteroatoms. The number of halogens is 5. The van der Waals surface area contributed by atoms with Crippen LogP contribution in [0.3, 0.4) is 0 Å². The maximum atomic E-state index is 14.2. The van der Waals surface area contributed by atoms with Gasteiger partial charge in [-0.05, 0) is 6.07 Å². The van der Waals surface area contributed by atoms with E-state index in [1.807, 2.05) is 0 Å². The average Bonchev–Trinajstić information content (AvgIpc) is 2.50. The van der Waals surface area contributed by atoms with Gasteiger partial charge in [0.25, 0.3) is 5.56 Å². The van der Waals surface area contributed by atoms with Gasteiger partial charge in [-0.15, -0.1) is 0 Å². The quantitative estimate of drug-likeness (QED) is 0.796. The molecule has 2 aromatic rings. The molecule has 0 saturated heterocycles. The van der Waals surface area contributed by atoms with Crippen LogP contribution < -0.4 is 16.0 Å². The molecule has 0 atom stereocenters. The smallest absolute Gasteiger partial charge is 0.431 e. The molecule has 1 aromatic heterocycles. The molecule has 0 unspecified atom stereocenters. The minimum absolute atomic E-state index is 0.132. The summed E-state index contributed by atoms with van der Waals surface area (Å²) in [7, 11) is 0.761. The van der Waals surface area contributed by atoms with Gasteiger partial charge in [-0.25, -0.2) is 18.5 Å². The first kappa shape index (κ1) is 19.5. The molecular weight excluding hydrogens is 388 g/mol. The number of ether oxygens (including phenoxy) is 1. The van der Waals surface area contributed by atoms with E-state index in [1.54, 1.807) is 0 Å². The molecule has 26 heavy (non-hydrogen) atoms. The maximum Gasteiger partial charge on any atom is 0.431 e. The summed E-state index contributed by atoms with van der Waals surface area (Å²) in [5, 5.41) is 8.22. The highest BCUT2D eigenvalue weighted by molar-refractivity contribution is 6.32. The molecule has 2 rings (SSSR count). The van der Waals surface area contributed by atoms with Gasteiger partial charge in [-0.2, -0.15) is 13.2 Å². The Balaban J connectivity index is 2.71. The zero-order chi connectivity index (χ0) is 19.8. The molecule has 0 aliphatic rings. The number of aromatic nitrogens is 2. The molecular formula is C14H9ClF4N2O5. The number of aliphatic carboxylic acids is 1. The molecule has 0 fully saturated rings. The lowest BCUT2D eigenvalue weighted by atomic mass is 10.2. The topological polar surface area (TPSA) is 90.5 Å². The first-order valence-electron chi connectivity index (χ1n) is 6.67. The standard InChI is InChI=1S/C14H9ClF4N2O5/c1-20-10(14(17,18)19)4-11(22)21(13(20)25)8-3-9(26-5-12(23)24)6(15)2-7(8)16/h2-4H,5H2,1H3,(H,23,24). The molecule has 0 amide bonds. The van der Waals surface area contributed by atoms with Crippen molar-refractivity contribution in [2.45, 2.75) is 6.18 Å². The second-order valence-electron chi connectivity index (χ2n) is 4.96. The normalized spacial score (nSPS) is 11.5. The first-order valence-corrected chi connectivity index (χ1v) is 7.05. The number of carbonyl (C=O) groups is 1. The third kappa shape index (κ3) is 3.72. The highest BCUT2D eigenvalue weighted by Crippen LogP contribution is 2.30. The first-order chi connectivity index (χ1) is 11.9. The molecule has 140 valence electrons. The molecule has 0 aliphatic carbocycles. The zero-order valence-corrected chi connectivity index (χ0v) is 13.6. The van der Waals surface area contributed by atoms with Crippen molar-refractivity contribution in [3.05, 3.63) is 55.6 Å². The Bertz CT molecular complexity index is 997. The van der Waals surface area contributed by atoms with Crippen LogP contribution in [0.25, 0.3) is 5.69 Å². The van der Waals surface area contributed by atoms with Gasteiger partial charge in [-0.3, -0.25) is 9.36 Å². The zero-order valence-electron chi connectivity index (χ0n) is 12.8. The van der Waals surface area contributed by atoms with Crippen molar-refractivity contribution < 1.29 is 32.2 Å². The van der Waals surface area contributed by atoms with E-state index in [-0.39, 0.29) is 26.0 Å². The van der Waals surface area contributed by atoms with Crippen molar-refractivity contribution >= 4 is 17.6 Å². The van der Waals surface area contributed by atoms with Crippen LogP contribution in [0.1, 0.15) is 5.69 Å². The van der Waals surface area contributed by atoms with Crippen molar-refractivity contribution in [1.82, 2.24) is 9.13 Å². The van der Waals surface area contributed by atoms with Crippen molar-refractivity contribution in [3.8, 4) is 11.4 Å². The largest absolute Gasteiger partial charge is 0.480 e. The summed E-state index contributed by atoms with van der Waals surface area (Å²) in [6.07, 6.45) is -4.97. The second kappa shape index (κ2) is 6.83. The van der Waals surface area contributed by atoms with Gasteiger partial charge in [0.15, 0.2) is 6.61 Å². The van der Waals surface area contributed by atoms with E-state index >= 15 is 0 Å². The van der Waals surface area contributed by atoms with Crippen molar-refractivity contribution in [3.63, 3.8) is 0 Å². The number of carboxylic acid groups (broad SMARTS) is 1. The van der Waals surface area contributed by atoms with E-state index in [0.29, 0.717) is 6.07 Å². The molecule has 1 heterocycles. The Morgan fingerprint density at radius 3 is 2.42 bits per heavy atom. The molecule has 1 aromatic carbocycles. The minimum atomic E-state index is -4.97. The van der Waals surface area contributed by atoms with Crippen LogP contribution in [0, 0.1) is 5.82 Å². The Hall–Kier alpha value is -2.82. The number of carboxylic acids is 1. The molecule has 1 N–H and O–H groups in total. The second-order valence-corrected chi connectivity index (χ2v) is 5.37. The summed E-state index contributed by atoms with van der Waals surface area (Å²) < 4.78 is 57.8. The predicted molar refractivity (Wildman–Crippen MR) is 80.4 cm³/mol.